The van der Waals surface area contributed by atoms with Crippen LogP contribution >= 0.6 is 0 Å². The zero-order chi connectivity index (χ0) is 7.56. The van der Waals surface area contributed by atoms with Gasteiger partial charge in [-0.1, -0.05) is 0 Å². The average Bonchev–Trinajstić information content (AvgIpc) is 2.34. The highest BCUT2D eigenvalue weighted by atomic mass is 16.5. The van der Waals surface area contributed by atoms with Crippen LogP contribution in [0.3, 0.4) is 0 Å². The van der Waals surface area contributed by atoms with Crippen molar-refractivity contribution in [2.75, 3.05) is 7.11 Å². The lowest BCUT2D eigenvalue weighted by atomic mass is 10.4. The van der Waals surface area contributed by atoms with Gasteiger partial charge in [0.1, 0.15) is 0 Å². The van der Waals surface area contributed by atoms with Crippen molar-refractivity contribution in [2.45, 2.75) is 0 Å². The summed E-state index contributed by atoms with van der Waals surface area (Å²) in [6, 6.07) is 0. The minimum absolute atomic E-state index is 0.354. The van der Waals surface area contributed by atoms with Gasteiger partial charge in [0.05, 0.1) is 18.9 Å². The standard InChI is InChI=1S/C6H8N2O2/c1-8-4-5(3-7-8)6(9)10-2/h3-4H,1-2H3. The van der Waals surface area contributed by atoms with Crippen molar-refractivity contribution in [2.24, 2.45) is 7.05 Å². The highest BCUT2D eigenvalue weighted by Gasteiger charge is 2.05. The van der Waals surface area contributed by atoms with E-state index in [9.17, 15) is 4.79 Å². The van der Waals surface area contributed by atoms with Gasteiger partial charge in [0.2, 0.25) is 0 Å². The third-order valence-corrected chi connectivity index (χ3v) is 1.13. The summed E-state index contributed by atoms with van der Waals surface area (Å²) < 4.78 is 6.01. The van der Waals surface area contributed by atoms with Gasteiger partial charge in [0, 0.05) is 13.2 Å². The normalized spacial score (nSPS) is 9.40. The van der Waals surface area contributed by atoms with Crippen LogP contribution in [0.1, 0.15) is 10.4 Å². The largest absolute Gasteiger partial charge is 0.465 e. The number of nitrogens with zero attached hydrogens (tertiary/aromatic N) is 2. The lowest BCUT2D eigenvalue weighted by molar-refractivity contribution is 0.0600. The van der Waals surface area contributed by atoms with Crippen LogP contribution in [0.2, 0.25) is 0 Å². The molecule has 0 unspecified atom stereocenters. The maximum atomic E-state index is 10.8. The molecule has 0 N–H and O–H groups in total. The van der Waals surface area contributed by atoms with Crippen molar-refractivity contribution in [3.63, 3.8) is 0 Å². The van der Waals surface area contributed by atoms with Crippen LogP contribution < -0.4 is 0 Å². The van der Waals surface area contributed by atoms with E-state index in [1.807, 2.05) is 0 Å². The van der Waals surface area contributed by atoms with E-state index >= 15 is 0 Å². The van der Waals surface area contributed by atoms with Crippen LogP contribution in [0.5, 0.6) is 0 Å². The Labute approximate surface area is 58.4 Å². The van der Waals surface area contributed by atoms with Gasteiger partial charge in [0.15, 0.2) is 0 Å². The van der Waals surface area contributed by atoms with Gasteiger partial charge in [-0.25, -0.2) is 4.79 Å². The lowest BCUT2D eigenvalue weighted by Crippen LogP contribution is -1.98. The van der Waals surface area contributed by atoms with Gasteiger partial charge >= 0.3 is 5.97 Å². The Morgan fingerprint density at radius 2 is 2.50 bits per heavy atom. The molecule has 0 spiro atoms. The number of carbonyl (C=O) groups is 1. The molecule has 0 saturated carbocycles. The van der Waals surface area contributed by atoms with E-state index in [0.29, 0.717) is 5.56 Å². The van der Waals surface area contributed by atoms with Crippen molar-refractivity contribution >= 4 is 5.97 Å². The zero-order valence-corrected chi connectivity index (χ0v) is 5.87. The summed E-state index contributed by atoms with van der Waals surface area (Å²) in [5, 5.41) is 3.80. The number of rotatable bonds is 1. The molecule has 0 bridgehead atoms. The second-order valence-electron chi connectivity index (χ2n) is 1.89. The number of aromatic nitrogens is 2. The molecule has 0 aliphatic rings. The zero-order valence-electron chi connectivity index (χ0n) is 5.87. The maximum absolute atomic E-state index is 10.8. The van der Waals surface area contributed by atoms with Crippen LogP contribution in [0, 0.1) is 0 Å². The number of carbonyl (C=O) groups excluding carboxylic acids is 1. The third kappa shape index (κ3) is 1.15. The number of hydrogen-bond donors (Lipinski definition) is 0. The minimum atomic E-state index is -0.354. The second kappa shape index (κ2) is 2.51. The molecule has 0 atom stereocenters. The predicted octanol–water partition coefficient (Wildman–Crippen LogP) is 0.207. The van der Waals surface area contributed by atoms with Crippen molar-refractivity contribution in [1.82, 2.24) is 9.78 Å². The van der Waals surface area contributed by atoms with Gasteiger partial charge in [-0.15, -0.1) is 0 Å². The van der Waals surface area contributed by atoms with E-state index in [-0.39, 0.29) is 5.97 Å². The number of ether oxygens (including phenoxy) is 1. The molecule has 0 amide bonds. The van der Waals surface area contributed by atoms with Gasteiger partial charge < -0.3 is 4.74 Å². The Morgan fingerprint density at radius 1 is 1.80 bits per heavy atom. The Balaban J connectivity index is 2.85. The molecule has 1 rings (SSSR count). The van der Waals surface area contributed by atoms with Crippen molar-refractivity contribution in [3.05, 3.63) is 18.0 Å². The Bertz CT molecular complexity index is 242. The van der Waals surface area contributed by atoms with E-state index in [1.165, 1.54) is 13.3 Å². The topological polar surface area (TPSA) is 44.1 Å². The molecule has 0 fully saturated rings. The Morgan fingerprint density at radius 3 is 2.90 bits per heavy atom. The highest BCUT2D eigenvalue weighted by Crippen LogP contribution is 1.96. The van der Waals surface area contributed by atoms with E-state index < -0.39 is 0 Å². The van der Waals surface area contributed by atoms with Crippen LogP contribution in [-0.4, -0.2) is 22.9 Å². The first-order valence-corrected chi connectivity index (χ1v) is 2.81. The van der Waals surface area contributed by atoms with Gasteiger partial charge in [-0.05, 0) is 0 Å². The smallest absolute Gasteiger partial charge is 0.341 e. The van der Waals surface area contributed by atoms with Crippen molar-refractivity contribution in [3.8, 4) is 0 Å². The first kappa shape index (κ1) is 6.80. The van der Waals surface area contributed by atoms with Crippen molar-refractivity contribution in [1.29, 1.82) is 0 Å². The van der Waals surface area contributed by atoms with Crippen molar-refractivity contribution < 1.29 is 9.53 Å². The summed E-state index contributed by atoms with van der Waals surface area (Å²) in [5.41, 5.74) is 0.477. The monoisotopic (exact) mass is 140 g/mol. The molecule has 1 aromatic heterocycles. The first-order valence-electron chi connectivity index (χ1n) is 2.81. The van der Waals surface area contributed by atoms with Gasteiger partial charge in [-0.3, -0.25) is 4.68 Å². The summed E-state index contributed by atoms with van der Waals surface area (Å²) in [6.07, 6.45) is 3.07. The molecule has 0 aromatic carbocycles. The number of esters is 1. The summed E-state index contributed by atoms with van der Waals surface area (Å²) >= 11 is 0. The summed E-state index contributed by atoms with van der Waals surface area (Å²) in [4.78, 5) is 10.8. The van der Waals surface area contributed by atoms with E-state index in [4.69, 9.17) is 0 Å². The average molecular weight is 140 g/mol. The number of hydrogen-bond acceptors (Lipinski definition) is 3. The molecule has 1 aromatic rings. The fourth-order valence-corrected chi connectivity index (χ4v) is 0.644. The molecule has 4 heteroatoms. The van der Waals surface area contributed by atoms with Gasteiger partial charge in [0.25, 0.3) is 0 Å². The summed E-state index contributed by atoms with van der Waals surface area (Å²) in [5.74, 6) is -0.354. The molecular weight excluding hydrogens is 132 g/mol. The second-order valence-corrected chi connectivity index (χ2v) is 1.89. The van der Waals surface area contributed by atoms with E-state index in [1.54, 1.807) is 17.9 Å². The number of aryl methyl sites for hydroxylation is 1. The highest BCUT2D eigenvalue weighted by molar-refractivity contribution is 5.88. The maximum Gasteiger partial charge on any atom is 0.341 e. The first-order chi connectivity index (χ1) is 4.74. The van der Waals surface area contributed by atoms with Crippen LogP contribution in [0.15, 0.2) is 12.4 Å². The SMILES string of the molecule is COC(=O)c1cnn(C)c1. The van der Waals surface area contributed by atoms with Crippen LogP contribution in [0.25, 0.3) is 0 Å². The predicted molar refractivity (Wildman–Crippen MR) is 34.5 cm³/mol. The molecule has 0 saturated heterocycles. The molecule has 0 aliphatic carbocycles. The summed E-state index contributed by atoms with van der Waals surface area (Å²) in [7, 11) is 3.09. The fraction of sp³-hybridized carbons (Fsp3) is 0.333. The van der Waals surface area contributed by atoms with E-state index in [2.05, 4.69) is 9.84 Å². The van der Waals surface area contributed by atoms with Crippen LogP contribution in [-0.2, 0) is 11.8 Å². The Kier molecular flexibility index (Phi) is 1.71. The molecule has 1 heterocycles. The van der Waals surface area contributed by atoms with E-state index in [0.717, 1.165) is 0 Å². The molecule has 54 valence electrons. The minimum Gasteiger partial charge on any atom is -0.465 e. The molecular formula is C6H8N2O2. The Hall–Kier alpha value is -1.32. The molecule has 4 nitrogen and oxygen atoms in total. The molecule has 0 radical (unpaired) electrons. The molecule has 10 heavy (non-hydrogen) atoms. The van der Waals surface area contributed by atoms with Crippen LogP contribution in [0.4, 0.5) is 0 Å². The quantitative estimate of drug-likeness (QED) is 0.523. The van der Waals surface area contributed by atoms with Gasteiger partial charge in [-0.2, -0.15) is 5.10 Å². The fourth-order valence-electron chi connectivity index (χ4n) is 0.644. The lowest BCUT2D eigenvalue weighted by Gasteiger charge is -1.90. The number of methoxy groups -OCH3 is 1. The molecule has 0 aliphatic heterocycles. The summed E-state index contributed by atoms with van der Waals surface area (Å²) in [6.45, 7) is 0. The third-order valence-electron chi connectivity index (χ3n) is 1.13.